The molecule has 1 fully saturated rings. The molecule has 3 heterocycles. The summed E-state index contributed by atoms with van der Waals surface area (Å²) in [5, 5.41) is 10.9. The number of non-ortho nitro benzene ring substituents is 1. The fraction of sp³-hybridized carbons (Fsp3) is 0.200. The number of hydrogen-bond acceptors (Lipinski definition) is 9. The topological polar surface area (TPSA) is 141 Å². The SMILES string of the molecule is Nc1nc(N2CCN(C(=O)COc3cccc([N+](=O)[O-])c3)CC2)c2nc(-c3ccc(F)c(F)c3)ccc2n1. The van der Waals surface area contributed by atoms with Crippen LogP contribution >= 0.6 is 0 Å². The van der Waals surface area contributed by atoms with Gasteiger partial charge in [0.05, 0.1) is 22.2 Å². The molecule has 0 radical (unpaired) electrons. The van der Waals surface area contributed by atoms with Crippen molar-refractivity contribution < 1.29 is 23.2 Å². The molecule has 0 unspecified atom stereocenters. The Labute approximate surface area is 214 Å². The summed E-state index contributed by atoms with van der Waals surface area (Å²) < 4.78 is 32.6. The molecule has 0 bridgehead atoms. The highest BCUT2D eigenvalue weighted by atomic mass is 19.2. The Balaban J connectivity index is 1.30. The van der Waals surface area contributed by atoms with Gasteiger partial charge in [0, 0.05) is 37.8 Å². The molecule has 0 atom stereocenters. The van der Waals surface area contributed by atoms with E-state index in [4.69, 9.17) is 10.5 Å². The number of nitrogens with zero attached hydrogens (tertiary/aromatic N) is 6. The fourth-order valence-corrected chi connectivity index (χ4v) is 4.14. The van der Waals surface area contributed by atoms with Crippen LogP contribution in [0.4, 0.5) is 26.2 Å². The van der Waals surface area contributed by atoms with E-state index in [0.717, 1.165) is 12.1 Å². The molecular weight excluding hydrogens is 500 g/mol. The highest BCUT2D eigenvalue weighted by Gasteiger charge is 2.25. The lowest BCUT2D eigenvalue weighted by atomic mass is 10.1. The van der Waals surface area contributed by atoms with Crippen LogP contribution in [0.1, 0.15) is 0 Å². The van der Waals surface area contributed by atoms with Gasteiger partial charge in [-0.15, -0.1) is 0 Å². The second-order valence-electron chi connectivity index (χ2n) is 8.51. The number of hydrogen-bond donors (Lipinski definition) is 1. The number of nitro groups is 1. The summed E-state index contributed by atoms with van der Waals surface area (Å²) in [6.07, 6.45) is 0. The minimum absolute atomic E-state index is 0.0544. The standard InChI is InChI=1S/C25H21F2N7O4/c26-18-5-4-15(12-19(18)27)20-6-7-21-23(29-20)24(31-25(28)30-21)33-10-8-32(9-11-33)22(35)14-38-17-3-1-2-16(13-17)34(36)37/h1-7,12-13H,8-11,14H2,(H2,28,30,31). The average molecular weight is 521 g/mol. The molecule has 13 heteroatoms. The molecule has 5 rings (SSSR count). The maximum absolute atomic E-state index is 13.8. The molecule has 1 aliphatic rings. The maximum Gasteiger partial charge on any atom is 0.273 e. The lowest BCUT2D eigenvalue weighted by Gasteiger charge is -2.35. The zero-order valence-corrected chi connectivity index (χ0v) is 19.9. The number of nitrogen functional groups attached to an aromatic ring is 1. The van der Waals surface area contributed by atoms with Crippen LogP contribution in [0.2, 0.25) is 0 Å². The number of pyridine rings is 1. The Morgan fingerprint density at radius 2 is 1.79 bits per heavy atom. The van der Waals surface area contributed by atoms with Gasteiger partial charge in [0.2, 0.25) is 5.95 Å². The lowest BCUT2D eigenvalue weighted by molar-refractivity contribution is -0.384. The number of fused-ring (bicyclic) bond motifs is 1. The Hall–Kier alpha value is -4.94. The quantitative estimate of drug-likeness (QED) is 0.299. The van der Waals surface area contributed by atoms with Crippen LogP contribution in [0.3, 0.4) is 0 Å². The van der Waals surface area contributed by atoms with Gasteiger partial charge in [-0.1, -0.05) is 6.07 Å². The van der Waals surface area contributed by atoms with Crippen molar-refractivity contribution in [1.82, 2.24) is 19.9 Å². The molecule has 1 saturated heterocycles. The molecule has 194 valence electrons. The van der Waals surface area contributed by atoms with E-state index in [2.05, 4.69) is 15.0 Å². The Kier molecular flexibility index (Phi) is 6.64. The van der Waals surface area contributed by atoms with Crippen molar-refractivity contribution in [2.75, 3.05) is 43.4 Å². The molecule has 38 heavy (non-hydrogen) atoms. The summed E-state index contributed by atoms with van der Waals surface area (Å²) in [5.41, 5.74) is 7.54. The molecule has 1 aliphatic heterocycles. The fourth-order valence-electron chi connectivity index (χ4n) is 4.14. The molecule has 1 amide bonds. The van der Waals surface area contributed by atoms with Crippen molar-refractivity contribution in [2.24, 2.45) is 0 Å². The van der Waals surface area contributed by atoms with Gasteiger partial charge in [-0.05, 0) is 36.4 Å². The number of aromatic nitrogens is 3. The minimum Gasteiger partial charge on any atom is -0.484 e. The third kappa shape index (κ3) is 5.12. The molecule has 0 spiro atoms. The highest BCUT2D eigenvalue weighted by molar-refractivity contribution is 5.89. The summed E-state index contributed by atoms with van der Waals surface area (Å²) in [6.45, 7) is 1.32. The van der Waals surface area contributed by atoms with Crippen LogP contribution < -0.4 is 15.4 Å². The third-order valence-corrected chi connectivity index (χ3v) is 6.08. The zero-order valence-electron chi connectivity index (χ0n) is 19.9. The molecule has 4 aromatic rings. The number of piperazine rings is 1. The van der Waals surface area contributed by atoms with Gasteiger partial charge in [0.1, 0.15) is 11.3 Å². The number of amides is 1. The van der Waals surface area contributed by atoms with Crippen molar-refractivity contribution in [3.05, 3.63) is 76.3 Å². The molecule has 0 aliphatic carbocycles. The van der Waals surface area contributed by atoms with Crippen LogP contribution in [-0.2, 0) is 4.79 Å². The first kappa shape index (κ1) is 24.7. The Bertz CT molecular complexity index is 1540. The summed E-state index contributed by atoms with van der Waals surface area (Å²) in [4.78, 5) is 39.8. The van der Waals surface area contributed by atoms with Gasteiger partial charge >= 0.3 is 0 Å². The number of carbonyl (C=O) groups excluding carboxylic acids is 1. The molecule has 2 aromatic heterocycles. The lowest BCUT2D eigenvalue weighted by Crippen LogP contribution is -2.50. The highest BCUT2D eigenvalue weighted by Crippen LogP contribution is 2.28. The van der Waals surface area contributed by atoms with E-state index in [0.29, 0.717) is 54.3 Å². The molecule has 2 aromatic carbocycles. The molecular formula is C25H21F2N7O4. The van der Waals surface area contributed by atoms with E-state index < -0.39 is 16.6 Å². The summed E-state index contributed by atoms with van der Waals surface area (Å²) >= 11 is 0. The molecule has 2 N–H and O–H groups in total. The predicted octanol–water partition coefficient (Wildman–Crippen LogP) is 3.19. The number of rotatable bonds is 6. The van der Waals surface area contributed by atoms with Crippen molar-refractivity contribution in [1.29, 1.82) is 0 Å². The number of carbonyl (C=O) groups is 1. The van der Waals surface area contributed by atoms with Gasteiger partial charge in [0.15, 0.2) is 24.1 Å². The van der Waals surface area contributed by atoms with Gasteiger partial charge in [-0.3, -0.25) is 14.9 Å². The smallest absolute Gasteiger partial charge is 0.273 e. The van der Waals surface area contributed by atoms with Gasteiger partial charge in [-0.2, -0.15) is 4.98 Å². The molecule has 11 nitrogen and oxygen atoms in total. The first-order valence-electron chi connectivity index (χ1n) is 11.6. The second-order valence-corrected chi connectivity index (χ2v) is 8.51. The van der Waals surface area contributed by atoms with Crippen molar-refractivity contribution in [2.45, 2.75) is 0 Å². The minimum atomic E-state index is -0.978. The van der Waals surface area contributed by atoms with E-state index in [9.17, 15) is 23.7 Å². The van der Waals surface area contributed by atoms with Crippen molar-refractivity contribution in [3.8, 4) is 17.0 Å². The first-order chi connectivity index (χ1) is 18.3. The van der Waals surface area contributed by atoms with Gasteiger partial charge < -0.3 is 20.3 Å². The van der Waals surface area contributed by atoms with E-state index in [1.54, 1.807) is 23.1 Å². The Morgan fingerprint density at radius 1 is 1.00 bits per heavy atom. The normalized spacial score (nSPS) is 13.5. The van der Waals surface area contributed by atoms with Gasteiger partial charge in [0.25, 0.3) is 11.6 Å². The maximum atomic E-state index is 13.8. The largest absolute Gasteiger partial charge is 0.484 e. The number of halogens is 2. The number of anilines is 2. The predicted molar refractivity (Wildman–Crippen MR) is 134 cm³/mol. The number of nitro benzene ring substituents is 1. The second kappa shape index (κ2) is 10.2. The molecule has 0 saturated carbocycles. The monoisotopic (exact) mass is 521 g/mol. The van der Waals surface area contributed by atoms with Crippen LogP contribution in [0.25, 0.3) is 22.3 Å². The van der Waals surface area contributed by atoms with Gasteiger partial charge in [-0.25, -0.2) is 18.7 Å². The van der Waals surface area contributed by atoms with E-state index >= 15 is 0 Å². The van der Waals surface area contributed by atoms with E-state index in [1.807, 2.05) is 4.90 Å². The third-order valence-electron chi connectivity index (χ3n) is 6.08. The Morgan fingerprint density at radius 3 is 2.53 bits per heavy atom. The van der Waals surface area contributed by atoms with E-state index in [-0.39, 0.29) is 29.9 Å². The van der Waals surface area contributed by atoms with Crippen molar-refractivity contribution >= 4 is 34.4 Å². The van der Waals surface area contributed by atoms with Crippen LogP contribution in [0.5, 0.6) is 5.75 Å². The summed E-state index contributed by atoms with van der Waals surface area (Å²) in [6, 6.07) is 12.5. The first-order valence-corrected chi connectivity index (χ1v) is 11.6. The van der Waals surface area contributed by atoms with Crippen LogP contribution in [0.15, 0.2) is 54.6 Å². The summed E-state index contributed by atoms with van der Waals surface area (Å²) in [7, 11) is 0. The van der Waals surface area contributed by atoms with Crippen LogP contribution in [-0.4, -0.2) is 63.5 Å². The number of benzene rings is 2. The van der Waals surface area contributed by atoms with E-state index in [1.165, 1.54) is 24.3 Å². The average Bonchev–Trinajstić information content (AvgIpc) is 2.92. The van der Waals surface area contributed by atoms with Crippen molar-refractivity contribution in [3.63, 3.8) is 0 Å². The number of nitrogens with two attached hydrogens (primary N) is 1. The summed E-state index contributed by atoms with van der Waals surface area (Å²) in [5.74, 6) is -1.43. The van der Waals surface area contributed by atoms with Crippen LogP contribution in [0, 0.1) is 21.7 Å². The number of ether oxygens (including phenoxy) is 1. The zero-order chi connectivity index (χ0) is 26.8.